The Bertz CT molecular complexity index is 456. The number of nitrogens with one attached hydrogen (secondary N) is 1. The van der Waals surface area contributed by atoms with Crippen LogP contribution in [0.15, 0.2) is 28.7 Å². The lowest BCUT2D eigenvalue weighted by Gasteiger charge is -2.35. The van der Waals surface area contributed by atoms with E-state index >= 15 is 0 Å². The van der Waals surface area contributed by atoms with Crippen molar-refractivity contribution in [1.82, 2.24) is 10.2 Å². The number of hydrogen-bond donors (Lipinski definition) is 1. The first-order valence-corrected chi connectivity index (χ1v) is 8.13. The highest BCUT2D eigenvalue weighted by molar-refractivity contribution is 9.10. The van der Waals surface area contributed by atoms with Crippen LogP contribution in [0.1, 0.15) is 37.0 Å². The first-order valence-electron chi connectivity index (χ1n) is 7.34. The summed E-state index contributed by atoms with van der Waals surface area (Å²) in [6.45, 7) is 7.51. The lowest BCUT2D eigenvalue weighted by molar-refractivity contribution is 0.0921. The van der Waals surface area contributed by atoms with E-state index in [2.05, 4.69) is 40.0 Å². The zero-order valence-electron chi connectivity index (χ0n) is 12.2. The zero-order valence-corrected chi connectivity index (χ0v) is 13.8. The summed E-state index contributed by atoms with van der Waals surface area (Å²) in [7, 11) is 0. The molecule has 1 heterocycles. The summed E-state index contributed by atoms with van der Waals surface area (Å²) in [6.07, 6.45) is 2.54. The molecule has 3 nitrogen and oxygen atoms in total. The number of halogens is 1. The van der Waals surface area contributed by atoms with E-state index in [0.29, 0.717) is 18.2 Å². The zero-order chi connectivity index (χ0) is 14.5. The minimum absolute atomic E-state index is 0.00327. The highest BCUT2D eigenvalue weighted by Gasteiger charge is 2.20. The molecule has 0 spiro atoms. The highest BCUT2D eigenvalue weighted by atomic mass is 79.9. The number of rotatable bonds is 4. The van der Waals surface area contributed by atoms with Gasteiger partial charge in [0.15, 0.2) is 0 Å². The number of hydrogen-bond acceptors (Lipinski definition) is 2. The third kappa shape index (κ3) is 4.32. The molecular formula is C16H23BrN2O. The maximum Gasteiger partial charge on any atom is 0.251 e. The molecule has 0 saturated carbocycles. The molecule has 1 aromatic carbocycles. The van der Waals surface area contributed by atoms with Gasteiger partial charge in [-0.05, 0) is 57.0 Å². The SMILES string of the molecule is CC1CCN(C(C)CNC(=O)c2cccc(Br)c2)CC1. The number of benzene rings is 1. The average Bonchev–Trinajstić information content (AvgIpc) is 2.45. The molecule has 4 heteroatoms. The molecule has 0 radical (unpaired) electrons. The second kappa shape index (κ2) is 7.23. The summed E-state index contributed by atoms with van der Waals surface area (Å²) in [6, 6.07) is 7.90. The molecule has 20 heavy (non-hydrogen) atoms. The standard InChI is InChI=1S/C16H23BrN2O/c1-12-6-8-19(9-7-12)13(2)11-18-16(20)14-4-3-5-15(17)10-14/h3-5,10,12-13H,6-9,11H2,1-2H3,(H,18,20). The molecule has 0 bridgehead atoms. The van der Waals surface area contributed by atoms with Crippen LogP contribution in [-0.4, -0.2) is 36.5 Å². The predicted octanol–water partition coefficient (Wildman–Crippen LogP) is 3.30. The van der Waals surface area contributed by atoms with Crippen LogP contribution in [-0.2, 0) is 0 Å². The fraction of sp³-hybridized carbons (Fsp3) is 0.562. The largest absolute Gasteiger partial charge is 0.350 e. The highest BCUT2D eigenvalue weighted by Crippen LogP contribution is 2.17. The number of carbonyl (C=O) groups is 1. The van der Waals surface area contributed by atoms with Crippen LogP contribution in [0.25, 0.3) is 0 Å². The van der Waals surface area contributed by atoms with Gasteiger partial charge in [0.25, 0.3) is 5.91 Å². The third-order valence-corrected chi connectivity index (χ3v) is 4.58. The monoisotopic (exact) mass is 338 g/mol. The predicted molar refractivity (Wildman–Crippen MR) is 85.9 cm³/mol. The van der Waals surface area contributed by atoms with Crippen LogP contribution in [0.4, 0.5) is 0 Å². The van der Waals surface area contributed by atoms with Gasteiger partial charge in [-0.1, -0.05) is 28.9 Å². The van der Waals surface area contributed by atoms with E-state index in [4.69, 9.17) is 0 Å². The van der Waals surface area contributed by atoms with Crippen molar-refractivity contribution < 1.29 is 4.79 Å². The molecule has 1 amide bonds. The van der Waals surface area contributed by atoms with Crippen molar-refractivity contribution in [2.24, 2.45) is 5.92 Å². The van der Waals surface area contributed by atoms with E-state index < -0.39 is 0 Å². The minimum atomic E-state index is 0.00327. The van der Waals surface area contributed by atoms with Gasteiger partial charge in [-0.25, -0.2) is 0 Å². The van der Waals surface area contributed by atoms with Crippen molar-refractivity contribution in [3.05, 3.63) is 34.3 Å². The number of likely N-dealkylation sites (tertiary alicyclic amines) is 1. The molecule has 2 rings (SSSR count). The van der Waals surface area contributed by atoms with Gasteiger partial charge in [0, 0.05) is 22.6 Å². The second-order valence-electron chi connectivity index (χ2n) is 5.79. The number of amides is 1. The van der Waals surface area contributed by atoms with Crippen molar-refractivity contribution in [3.63, 3.8) is 0 Å². The number of piperidine rings is 1. The van der Waals surface area contributed by atoms with Gasteiger partial charge in [0.2, 0.25) is 0 Å². The van der Waals surface area contributed by atoms with Crippen molar-refractivity contribution in [2.75, 3.05) is 19.6 Å². The Hall–Kier alpha value is -0.870. The van der Waals surface area contributed by atoms with Gasteiger partial charge in [0.05, 0.1) is 0 Å². The van der Waals surface area contributed by atoms with Gasteiger partial charge < -0.3 is 5.32 Å². The van der Waals surface area contributed by atoms with E-state index in [1.807, 2.05) is 24.3 Å². The fourth-order valence-electron chi connectivity index (χ4n) is 2.57. The molecule has 110 valence electrons. The van der Waals surface area contributed by atoms with Gasteiger partial charge in [-0.15, -0.1) is 0 Å². The Labute approximate surface area is 129 Å². The van der Waals surface area contributed by atoms with E-state index in [1.54, 1.807) is 0 Å². The quantitative estimate of drug-likeness (QED) is 0.913. The normalized spacial score (nSPS) is 18.8. The molecule has 0 aliphatic carbocycles. The molecule has 1 fully saturated rings. The molecule has 1 atom stereocenters. The molecule has 0 aromatic heterocycles. The van der Waals surface area contributed by atoms with Gasteiger partial charge in [-0.2, -0.15) is 0 Å². The number of nitrogens with zero attached hydrogens (tertiary/aromatic N) is 1. The maximum atomic E-state index is 12.1. The average molecular weight is 339 g/mol. The maximum absolute atomic E-state index is 12.1. The van der Waals surface area contributed by atoms with Crippen LogP contribution in [0.5, 0.6) is 0 Å². The van der Waals surface area contributed by atoms with E-state index in [-0.39, 0.29) is 5.91 Å². The molecule has 1 saturated heterocycles. The minimum Gasteiger partial charge on any atom is -0.350 e. The summed E-state index contributed by atoms with van der Waals surface area (Å²) in [5.74, 6) is 0.846. The van der Waals surface area contributed by atoms with Crippen LogP contribution >= 0.6 is 15.9 Å². The molecule has 1 aliphatic rings. The van der Waals surface area contributed by atoms with Crippen molar-refractivity contribution >= 4 is 21.8 Å². The van der Waals surface area contributed by atoms with Gasteiger partial charge in [0.1, 0.15) is 0 Å². The molecule has 1 aromatic rings. The van der Waals surface area contributed by atoms with Crippen LogP contribution < -0.4 is 5.32 Å². The lowest BCUT2D eigenvalue weighted by atomic mass is 9.98. The third-order valence-electron chi connectivity index (χ3n) is 4.09. The number of carbonyl (C=O) groups excluding carboxylic acids is 1. The molecule has 1 unspecified atom stereocenters. The Morgan fingerprint density at radius 1 is 1.45 bits per heavy atom. The Balaban J connectivity index is 1.81. The van der Waals surface area contributed by atoms with Crippen LogP contribution in [0, 0.1) is 5.92 Å². The van der Waals surface area contributed by atoms with Crippen LogP contribution in [0.3, 0.4) is 0 Å². The summed E-state index contributed by atoms with van der Waals surface area (Å²) >= 11 is 3.39. The molecule has 1 aliphatic heterocycles. The Morgan fingerprint density at radius 3 is 2.80 bits per heavy atom. The van der Waals surface area contributed by atoms with Crippen molar-refractivity contribution in [1.29, 1.82) is 0 Å². The van der Waals surface area contributed by atoms with E-state index in [9.17, 15) is 4.79 Å². The second-order valence-corrected chi connectivity index (χ2v) is 6.70. The van der Waals surface area contributed by atoms with E-state index in [0.717, 1.165) is 23.5 Å². The molecular weight excluding hydrogens is 316 g/mol. The van der Waals surface area contributed by atoms with Crippen molar-refractivity contribution in [3.8, 4) is 0 Å². The summed E-state index contributed by atoms with van der Waals surface area (Å²) < 4.78 is 0.934. The summed E-state index contributed by atoms with van der Waals surface area (Å²) in [5.41, 5.74) is 0.707. The van der Waals surface area contributed by atoms with Crippen LogP contribution in [0.2, 0.25) is 0 Å². The lowest BCUT2D eigenvalue weighted by Crippen LogP contribution is -2.45. The summed E-state index contributed by atoms with van der Waals surface area (Å²) in [4.78, 5) is 14.6. The first kappa shape index (κ1) is 15.5. The van der Waals surface area contributed by atoms with Gasteiger partial charge in [-0.3, -0.25) is 9.69 Å². The fourth-order valence-corrected chi connectivity index (χ4v) is 2.97. The Kier molecular flexibility index (Phi) is 5.61. The van der Waals surface area contributed by atoms with Crippen molar-refractivity contribution in [2.45, 2.75) is 32.7 Å². The summed E-state index contributed by atoms with van der Waals surface area (Å²) in [5, 5.41) is 3.03. The topological polar surface area (TPSA) is 32.3 Å². The Morgan fingerprint density at radius 2 is 2.15 bits per heavy atom. The first-order chi connectivity index (χ1) is 9.56. The van der Waals surface area contributed by atoms with E-state index in [1.165, 1.54) is 12.8 Å². The smallest absolute Gasteiger partial charge is 0.251 e. The van der Waals surface area contributed by atoms with Gasteiger partial charge >= 0.3 is 0 Å². The molecule has 1 N–H and O–H groups in total.